The molecule has 6 nitrogen and oxygen atoms in total. The first-order valence-corrected chi connectivity index (χ1v) is 8.87. The van der Waals surface area contributed by atoms with E-state index < -0.39 is 11.7 Å². The van der Waals surface area contributed by atoms with Crippen molar-refractivity contribution in [2.75, 3.05) is 19.3 Å². The van der Waals surface area contributed by atoms with Gasteiger partial charge in [0.15, 0.2) is 5.82 Å². The van der Waals surface area contributed by atoms with E-state index in [0.29, 0.717) is 11.6 Å². The van der Waals surface area contributed by atoms with E-state index in [2.05, 4.69) is 15.3 Å². The minimum atomic E-state index is -4.57. The molecular formula is C19H20F3N5O. The predicted octanol–water partition coefficient (Wildman–Crippen LogP) is 3.42. The van der Waals surface area contributed by atoms with Crippen molar-refractivity contribution in [2.45, 2.75) is 31.4 Å². The largest absolute Gasteiger partial charge is 0.507 e. The van der Waals surface area contributed by atoms with Gasteiger partial charge in [0.1, 0.15) is 23.2 Å². The first-order valence-electron chi connectivity index (χ1n) is 8.87. The highest BCUT2D eigenvalue weighted by atomic mass is 19.4. The fourth-order valence-electron chi connectivity index (χ4n) is 3.72. The molecule has 1 saturated carbocycles. The summed E-state index contributed by atoms with van der Waals surface area (Å²) in [4.78, 5) is 8.36. The third kappa shape index (κ3) is 3.87. The van der Waals surface area contributed by atoms with Crippen LogP contribution >= 0.6 is 0 Å². The highest BCUT2D eigenvalue weighted by Gasteiger charge is 2.33. The summed E-state index contributed by atoms with van der Waals surface area (Å²) >= 11 is 0. The molecule has 0 amide bonds. The quantitative estimate of drug-likeness (QED) is 0.737. The highest BCUT2D eigenvalue weighted by molar-refractivity contribution is 5.68. The first kappa shape index (κ1) is 19.9. The highest BCUT2D eigenvalue weighted by Crippen LogP contribution is 2.41. The Morgan fingerprint density at radius 1 is 1.32 bits per heavy atom. The van der Waals surface area contributed by atoms with Gasteiger partial charge in [0.25, 0.3) is 0 Å². The van der Waals surface area contributed by atoms with Crippen LogP contribution in [-0.4, -0.2) is 28.7 Å². The minimum Gasteiger partial charge on any atom is -0.507 e. The molecule has 2 atom stereocenters. The summed E-state index contributed by atoms with van der Waals surface area (Å²) in [5.41, 5.74) is 5.39. The van der Waals surface area contributed by atoms with Crippen molar-refractivity contribution in [3.63, 3.8) is 0 Å². The van der Waals surface area contributed by atoms with Crippen molar-refractivity contribution >= 4 is 5.82 Å². The summed E-state index contributed by atoms with van der Waals surface area (Å²) in [7, 11) is 1.87. The summed E-state index contributed by atoms with van der Waals surface area (Å²) in [6.45, 7) is 0.834. The van der Waals surface area contributed by atoms with E-state index in [9.17, 15) is 23.5 Å². The number of phenols is 1. The number of nitrogen functional groups attached to an aromatic ring is 1. The zero-order chi connectivity index (χ0) is 20.5. The lowest BCUT2D eigenvalue weighted by atomic mass is 9.97. The number of nitrogens with zero attached hydrogens (tertiary/aromatic N) is 3. The number of halogens is 3. The third-order valence-corrected chi connectivity index (χ3v) is 5.06. The van der Waals surface area contributed by atoms with Crippen molar-refractivity contribution in [3.05, 3.63) is 35.0 Å². The topological polar surface area (TPSA) is 108 Å². The molecule has 3 rings (SSSR count). The second-order valence-electron chi connectivity index (χ2n) is 6.97. The summed E-state index contributed by atoms with van der Waals surface area (Å²) < 4.78 is 39.2. The Morgan fingerprint density at radius 2 is 2.07 bits per heavy atom. The van der Waals surface area contributed by atoms with E-state index in [1.165, 1.54) is 0 Å². The van der Waals surface area contributed by atoms with Crippen molar-refractivity contribution < 1.29 is 18.3 Å². The molecule has 0 bridgehead atoms. The molecule has 0 spiro atoms. The van der Waals surface area contributed by atoms with Gasteiger partial charge < -0.3 is 16.2 Å². The molecule has 2 unspecified atom stereocenters. The molecule has 148 valence electrons. The molecular weight excluding hydrogens is 371 g/mol. The van der Waals surface area contributed by atoms with Gasteiger partial charge in [-0.05, 0) is 57.0 Å². The maximum atomic E-state index is 13.1. The molecule has 2 aromatic rings. The Hall–Kier alpha value is -2.86. The van der Waals surface area contributed by atoms with Crippen LogP contribution in [0.5, 0.6) is 5.75 Å². The number of phenolic OH excluding ortho intramolecular Hbond substituents is 1. The van der Waals surface area contributed by atoms with Gasteiger partial charge in [0.2, 0.25) is 0 Å². The van der Waals surface area contributed by atoms with E-state index in [1.807, 2.05) is 13.1 Å². The molecule has 1 aliphatic rings. The number of hydrogen-bond donors (Lipinski definition) is 3. The Morgan fingerprint density at radius 3 is 2.71 bits per heavy atom. The van der Waals surface area contributed by atoms with Gasteiger partial charge in [-0.25, -0.2) is 9.97 Å². The number of anilines is 1. The molecule has 0 radical (unpaired) electrons. The van der Waals surface area contributed by atoms with E-state index in [-0.39, 0.29) is 34.4 Å². The normalized spacial score (nSPS) is 19.5. The maximum absolute atomic E-state index is 13.1. The van der Waals surface area contributed by atoms with Crippen LogP contribution in [0.15, 0.2) is 18.2 Å². The Balaban J connectivity index is 2.08. The van der Waals surface area contributed by atoms with Crippen molar-refractivity contribution in [3.8, 4) is 23.2 Å². The number of benzene rings is 1. The monoisotopic (exact) mass is 391 g/mol. The lowest BCUT2D eigenvalue weighted by molar-refractivity contribution is -0.137. The molecule has 4 N–H and O–H groups in total. The van der Waals surface area contributed by atoms with Gasteiger partial charge in [-0.1, -0.05) is 0 Å². The smallest absolute Gasteiger partial charge is 0.416 e. The van der Waals surface area contributed by atoms with Crippen LogP contribution < -0.4 is 11.1 Å². The Bertz CT molecular complexity index is 923. The van der Waals surface area contributed by atoms with Gasteiger partial charge in [-0.15, -0.1) is 0 Å². The second kappa shape index (κ2) is 7.64. The fourth-order valence-corrected chi connectivity index (χ4v) is 3.72. The Kier molecular flexibility index (Phi) is 5.42. The van der Waals surface area contributed by atoms with Gasteiger partial charge in [0, 0.05) is 5.92 Å². The predicted molar refractivity (Wildman–Crippen MR) is 97.3 cm³/mol. The fraction of sp³-hybridized carbons (Fsp3) is 0.421. The van der Waals surface area contributed by atoms with Crippen LogP contribution in [0.4, 0.5) is 19.0 Å². The van der Waals surface area contributed by atoms with Crippen molar-refractivity contribution in [2.24, 2.45) is 5.92 Å². The average Bonchev–Trinajstić information content (AvgIpc) is 3.09. The molecule has 1 aliphatic carbocycles. The molecule has 0 aliphatic heterocycles. The molecule has 9 heteroatoms. The molecule has 1 fully saturated rings. The average molecular weight is 391 g/mol. The lowest BCUT2D eigenvalue weighted by Crippen LogP contribution is -2.16. The SMILES string of the molecule is CNCC1CCC(c2nc(-c3cc(C(F)(F)F)ccc3O)nc(N)c2C#N)C1. The molecule has 1 aromatic heterocycles. The number of aromatic nitrogens is 2. The Labute approximate surface area is 160 Å². The lowest BCUT2D eigenvalue weighted by Gasteiger charge is -2.16. The summed E-state index contributed by atoms with van der Waals surface area (Å²) in [5.74, 6) is -0.223. The van der Waals surface area contributed by atoms with E-state index in [0.717, 1.165) is 44.0 Å². The van der Waals surface area contributed by atoms with E-state index >= 15 is 0 Å². The number of hydrogen-bond acceptors (Lipinski definition) is 6. The van der Waals surface area contributed by atoms with Crippen LogP contribution in [0.1, 0.15) is 42.0 Å². The standard InChI is InChI=1S/C19H20F3N5O/c1-25-9-10-2-3-11(6-10)16-14(8-23)17(24)27-18(26-16)13-7-12(19(20,21)22)4-5-15(13)28/h4-5,7,10-11,25,28H,2-3,6,9H2,1H3,(H2,24,26,27). The first-order chi connectivity index (χ1) is 13.2. The zero-order valence-electron chi connectivity index (χ0n) is 15.2. The van der Waals surface area contributed by atoms with Crippen LogP contribution in [0.2, 0.25) is 0 Å². The number of aromatic hydroxyl groups is 1. The van der Waals surface area contributed by atoms with Crippen LogP contribution in [0, 0.1) is 17.2 Å². The number of rotatable bonds is 4. The molecule has 1 heterocycles. The van der Waals surface area contributed by atoms with Crippen molar-refractivity contribution in [1.29, 1.82) is 5.26 Å². The summed E-state index contributed by atoms with van der Waals surface area (Å²) in [5, 5.41) is 22.7. The van der Waals surface area contributed by atoms with Crippen LogP contribution in [0.25, 0.3) is 11.4 Å². The van der Waals surface area contributed by atoms with Gasteiger partial charge in [-0.3, -0.25) is 0 Å². The number of nitriles is 1. The molecule has 0 saturated heterocycles. The van der Waals surface area contributed by atoms with Crippen molar-refractivity contribution in [1.82, 2.24) is 15.3 Å². The number of alkyl halides is 3. The molecule has 28 heavy (non-hydrogen) atoms. The van der Waals surface area contributed by atoms with E-state index in [4.69, 9.17) is 5.73 Å². The van der Waals surface area contributed by atoms with Gasteiger partial charge in [0.05, 0.1) is 16.8 Å². The zero-order valence-corrected chi connectivity index (χ0v) is 15.2. The van der Waals surface area contributed by atoms with Gasteiger partial charge >= 0.3 is 6.18 Å². The maximum Gasteiger partial charge on any atom is 0.416 e. The summed E-state index contributed by atoms with van der Waals surface area (Å²) in [6, 6.07) is 4.53. The minimum absolute atomic E-state index is 0.0370. The second-order valence-corrected chi connectivity index (χ2v) is 6.97. The summed E-state index contributed by atoms with van der Waals surface area (Å²) in [6.07, 6.45) is -2.04. The number of nitrogens with one attached hydrogen (secondary N) is 1. The van der Waals surface area contributed by atoms with Crippen LogP contribution in [0.3, 0.4) is 0 Å². The van der Waals surface area contributed by atoms with Crippen LogP contribution in [-0.2, 0) is 6.18 Å². The van der Waals surface area contributed by atoms with E-state index in [1.54, 1.807) is 0 Å². The third-order valence-electron chi connectivity index (χ3n) is 5.06. The number of nitrogens with two attached hydrogens (primary N) is 1. The van der Waals surface area contributed by atoms with Gasteiger partial charge in [-0.2, -0.15) is 18.4 Å². The molecule has 1 aromatic carbocycles.